The van der Waals surface area contributed by atoms with Crippen molar-refractivity contribution in [2.24, 2.45) is 0 Å². The number of pyridine rings is 2. The van der Waals surface area contributed by atoms with Crippen LogP contribution in [0.5, 0.6) is 0 Å². The van der Waals surface area contributed by atoms with Gasteiger partial charge in [-0.1, -0.05) is 0 Å². The van der Waals surface area contributed by atoms with E-state index in [4.69, 9.17) is 9.72 Å². The lowest BCUT2D eigenvalue weighted by atomic mass is 9.95. The standard InChI is InChI=1S/C24H23FN2O4S/c1-12-14(5-3-4-6-32-2)15-7-13-10-27-20(21(13)26-19(15)9-18(12)25)8-16-17(23(27)29)11-31-24(30)22(16)28/h7-9,22,28H,3-6,10-11H2,1-2H3/t22-/m0/s1. The molecule has 0 aliphatic carbocycles. The van der Waals surface area contributed by atoms with Gasteiger partial charge in [0, 0.05) is 22.6 Å². The molecule has 0 radical (unpaired) electrons. The topological polar surface area (TPSA) is 81.4 Å². The fourth-order valence-corrected chi connectivity index (χ4v) is 5.17. The number of cyclic esters (lactones) is 1. The van der Waals surface area contributed by atoms with Crippen LogP contribution < -0.4 is 5.56 Å². The Morgan fingerprint density at radius 3 is 2.88 bits per heavy atom. The number of aromatic nitrogens is 2. The van der Waals surface area contributed by atoms with Crippen molar-refractivity contribution < 1.29 is 19.0 Å². The highest BCUT2D eigenvalue weighted by molar-refractivity contribution is 7.98. The first-order valence-corrected chi connectivity index (χ1v) is 12.0. The number of unbranched alkanes of at least 4 members (excludes halogenated alkanes) is 1. The van der Waals surface area contributed by atoms with Crippen molar-refractivity contribution in [1.29, 1.82) is 0 Å². The molecule has 0 spiro atoms. The first-order valence-electron chi connectivity index (χ1n) is 10.6. The van der Waals surface area contributed by atoms with Gasteiger partial charge in [-0.25, -0.2) is 14.2 Å². The van der Waals surface area contributed by atoms with E-state index in [2.05, 4.69) is 6.26 Å². The van der Waals surface area contributed by atoms with E-state index in [0.717, 1.165) is 41.5 Å². The van der Waals surface area contributed by atoms with Gasteiger partial charge in [0.05, 0.1) is 29.0 Å². The zero-order valence-corrected chi connectivity index (χ0v) is 18.7. The Bertz CT molecular complexity index is 1330. The van der Waals surface area contributed by atoms with Gasteiger partial charge in [0.1, 0.15) is 12.4 Å². The SMILES string of the molecule is CSCCCCc1c(C)c(F)cc2nc3c(cc12)Cn1c-3cc2c(c1=O)COC(=O)[C@H]2O. The maximum absolute atomic E-state index is 14.7. The van der Waals surface area contributed by atoms with Crippen molar-refractivity contribution in [2.75, 3.05) is 12.0 Å². The van der Waals surface area contributed by atoms with Crippen molar-refractivity contribution in [3.8, 4) is 11.4 Å². The van der Waals surface area contributed by atoms with Crippen LogP contribution in [0.3, 0.4) is 0 Å². The quantitative estimate of drug-likeness (QED) is 0.366. The van der Waals surface area contributed by atoms with Gasteiger partial charge in [-0.05, 0) is 61.5 Å². The van der Waals surface area contributed by atoms with Gasteiger partial charge in [-0.3, -0.25) is 4.79 Å². The molecule has 32 heavy (non-hydrogen) atoms. The molecule has 3 aromatic rings. The first kappa shape index (κ1) is 21.2. The summed E-state index contributed by atoms with van der Waals surface area (Å²) in [6.07, 6.45) is 3.39. The highest BCUT2D eigenvalue weighted by Crippen LogP contribution is 2.37. The number of rotatable bonds is 5. The minimum absolute atomic E-state index is 0.152. The Morgan fingerprint density at radius 1 is 1.28 bits per heavy atom. The van der Waals surface area contributed by atoms with E-state index >= 15 is 0 Å². The number of hydrogen-bond acceptors (Lipinski definition) is 6. The molecule has 1 N–H and O–H groups in total. The summed E-state index contributed by atoms with van der Waals surface area (Å²) < 4.78 is 21.3. The Morgan fingerprint density at radius 2 is 2.09 bits per heavy atom. The summed E-state index contributed by atoms with van der Waals surface area (Å²) in [7, 11) is 0. The second-order valence-electron chi connectivity index (χ2n) is 8.34. The van der Waals surface area contributed by atoms with Gasteiger partial charge in [0.25, 0.3) is 5.56 Å². The Balaban J connectivity index is 1.64. The maximum atomic E-state index is 14.7. The number of esters is 1. The predicted octanol–water partition coefficient (Wildman–Crippen LogP) is 3.65. The molecule has 2 aliphatic heterocycles. The molecule has 0 saturated carbocycles. The Kier molecular flexibility index (Phi) is 5.29. The van der Waals surface area contributed by atoms with E-state index in [1.54, 1.807) is 29.3 Å². The highest BCUT2D eigenvalue weighted by atomic mass is 32.2. The summed E-state index contributed by atoms with van der Waals surface area (Å²) in [4.78, 5) is 29.6. The monoisotopic (exact) mass is 454 g/mol. The van der Waals surface area contributed by atoms with Crippen molar-refractivity contribution in [3.63, 3.8) is 0 Å². The van der Waals surface area contributed by atoms with Crippen molar-refractivity contribution in [1.82, 2.24) is 9.55 Å². The van der Waals surface area contributed by atoms with Crippen LogP contribution in [0.1, 0.15) is 46.8 Å². The molecule has 6 nitrogen and oxygen atoms in total. The largest absolute Gasteiger partial charge is 0.458 e. The number of thioether (sulfide) groups is 1. The smallest absolute Gasteiger partial charge is 0.340 e. The van der Waals surface area contributed by atoms with Crippen LogP contribution in [-0.2, 0) is 29.1 Å². The average Bonchev–Trinajstić information content (AvgIpc) is 3.13. The second-order valence-corrected chi connectivity index (χ2v) is 9.33. The van der Waals surface area contributed by atoms with Crippen molar-refractivity contribution in [2.45, 2.75) is 45.4 Å². The number of nitrogens with zero attached hydrogens (tertiary/aromatic N) is 2. The van der Waals surface area contributed by atoms with Crippen LogP contribution in [0.4, 0.5) is 4.39 Å². The molecule has 4 heterocycles. The van der Waals surface area contributed by atoms with Crippen LogP contribution in [0.2, 0.25) is 0 Å². The zero-order valence-electron chi connectivity index (χ0n) is 17.9. The normalized spacial score (nSPS) is 16.6. The number of aliphatic hydroxyl groups excluding tert-OH is 1. The number of carbonyl (C=O) groups excluding carboxylic acids is 1. The number of aliphatic hydroxyl groups is 1. The van der Waals surface area contributed by atoms with Crippen LogP contribution in [-0.4, -0.2) is 32.6 Å². The van der Waals surface area contributed by atoms with Crippen LogP contribution in [0, 0.1) is 12.7 Å². The number of carbonyl (C=O) groups is 1. The van der Waals surface area contributed by atoms with Crippen LogP contribution in [0.15, 0.2) is 23.0 Å². The van der Waals surface area contributed by atoms with Crippen molar-refractivity contribution in [3.05, 3.63) is 62.2 Å². The van der Waals surface area contributed by atoms with E-state index in [0.29, 0.717) is 29.0 Å². The molecule has 1 atom stereocenters. The molecular weight excluding hydrogens is 431 g/mol. The molecule has 0 bridgehead atoms. The second kappa shape index (κ2) is 8.01. The molecule has 2 aliphatic rings. The molecule has 5 rings (SSSR count). The fraction of sp³-hybridized carbons (Fsp3) is 0.375. The number of benzene rings is 1. The molecule has 166 valence electrons. The van der Waals surface area contributed by atoms with Gasteiger partial charge in [-0.15, -0.1) is 0 Å². The molecule has 0 amide bonds. The summed E-state index contributed by atoms with van der Waals surface area (Å²) in [5, 5.41) is 11.1. The fourth-order valence-electron chi connectivity index (χ4n) is 4.68. The number of aryl methyl sites for hydroxylation is 1. The van der Waals surface area contributed by atoms with E-state index in [1.807, 2.05) is 6.07 Å². The molecule has 0 saturated heterocycles. The lowest BCUT2D eigenvalue weighted by molar-refractivity contribution is -0.157. The average molecular weight is 455 g/mol. The van der Waals surface area contributed by atoms with Crippen LogP contribution >= 0.6 is 11.8 Å². The van der Waals surface area contributed by atoms with E-state index in [9.17, 15) is 19.1 Å². The third-order valence-electron chi connectivity index (χ3n) is 6.44. The number of halogens is 1. The van der Waals surface area contributed by atoms with E-state index in [1.165, 1.54) is 6.07 Å². The summed E-state index contributed by atoms with van der Waals surface area (Å²) in [5.41, 5.74) is 4.39. The molecule has 0 unspecified atom stereocenters. The van der Waals surface area contributed by atoms with Gasteiger partial charge in [0.2, 0.25) is 0 Å². The van der Waals surface area contributed by atoms with Gasteiger partial charge in [0.15, 0.2) is 6.10 Å². The Hall–Kier alpha value is -2.71. The molecule has 1 aromatic carbocycles. The van der Waals surface area contributed by atoms with Crippen LogP contribution in [0.25, 0.3) is 22.3 Å². The molecular formula is C24H23FN2O4S. The number of fused-ring (bicyclic) bond motifs is 5. The zero-order chi connectivity index (χ0) is 22.6. The van der Waals surface area contributed by atoms with E-state index in [-0.39, 0.29) is 29.1 Å². The number of ether oxygens (including phenoxy) is 1. The summed E-state index contributed by atoms with van der Waals surface area (Å²) in [6.45, 7) is 1.99. The molecule has 2 aromatic heterocycles. The maximum Gasteiger partial charge on any atom is 0.340 e. The van der Waals surface area contributed by atoms with Gasteiger partial charge >= 0.3 is 5.97 Å². The summed E-state index contributed by atoms with van der Waals surface area (Å²) >= 11 is 1.80. The molecule has 8 heteroatoms. The lowest BCUT2D eigenvalue weighted by Crippen LogP contribution is -2.32. The number of hydrogen-bond donors (Lipinski definition) is 1. The highest BCUT2D eigenvalue weighted by Gasteiger charge is 2.33. The summed E-state index contributed by atoms with van der Waals surface area (Å²) in [5.74, 6) is 0.0139. The van der Waals surface area contributed by atoms with Gasteiger partial charge < -0.3 is 14.4 Å². The third kappa shape index (κ3) is 3.24. The first-order chi connectivity index (χ1) is 15.4. The van der Waals surface area contributed by atoms with Gasteiger partial charge in [-0.2, -0.15) is 11.8 Å². The summed E-state index contributed by atoms with van der Waals surface area (Å²) in [6, 6.07) is 5.10. The molecule has 0 fully saturated rings. The minimum Gasteiger partial charge on any atom is -0.458 e. The third-order valence-corrected chi connectivity index (χ3v) is 7.14. The minimum atomic E-state index is -1.49. The lowest BCUT2D eigenvalue weighted by Gasteiger charge is -2.21. The Labute approximate surface area is 188 Å². The predicted molar refractivity (Wildman–Crippen MR) is 121 cm³/mol. The van der Waals surface area contributed by atoms with E-state index < -0.39 is 12.1 Å². The van der Waals surface area contributed by atoms with Crippen molar-refractivity contribution >= 4 is 28.6 Å².